The van der Waals surface area contributed by atoms with Crippen molar-refractivity contribution in [1.29, 1.82) is 0 Å². The Morgan fingerprint density at radius 3 is 2.16 bits per heavy atom. The van der Waals surface area contributed by atoms with Gasteiger partial charge in [-0.1, -0.05) is 77.4 Å². The van der Waals surface area contributed by atoms with Gasteiger partial charge in [0.15, 0.2) is 5.76 Å². The van der Waals surface area contributed by atoms with Crippen LogP contribution in [-0.2, 0) is 6.61 Å². The Morgan fingerprint density at radius 2 is 1.43 bits per heavy atom. The van der Waals surface area contributed by atoms with Gasteiger partial charge < -0.3 is 9.26 Å². The van der Waals surface area contributed by atoms with Gasteiger partial charge in [0.2, 0.25) is 0 Å². The number of hydrogen-bond donors (Lipinski definition) is 0. The van der Waals surface area contributed by atoms with Gasteiger partial charge in [-0.05, 0) is 54.1 Å². The second kappa shape index (κ2) is 10.2. The Hall–Kier alpha value is -4.61. The van der Waals surface area contributed by atoms with Gasteiger partial charge in [0.25, 0.3) is 0 Å². The zero-order valence-electron chi connectivity index (χ0n) is 19.8. The third kappa shape index (κ3) is 5.03. The van der Waals surface area contributed by atoms with Crippen molar-refractivity contribution in [2.45, 2.75) is 6.61 Å². The van der Waals surface area contributed by atoms with Crippen LogP contribution in [-0.4, -0.2) is 14.9 Å². The van der Waals surface area contributed by atoms with Crippen molar-refractivity contribution >= 4 is 11.6 Å². The molecule has 37 heavy (non-hydrogen) atoms. The van der Waals surface area contributed by atoms with Gasteiger partial charge in [-0.3, -0.25) is 0 Å². The highest BCUT2D eigenvalue weighted by Crippen LogP contribution is 2.35. The fraction of sp³-hybridized carbons (Fsp3) is 0.0323. The third-order valence-electron chi connectivity index (χ3n) is 6.03. The Morgan fingerprint density at radius 1 is 0.757 bits per heavy atom. The molecule has 0 bridgehead atoms. The second-order valence-electron chi connectivity index (χ2n) is 8.55. The number of rotatable bonds is 7. The van der Waals surface area contributed by atoms with Gasteiger partial charge in [0, 0.05) is 28.4 Å². The number of ether oxygens (including phenoxy) is 1. The molecule has 180 valence electrons. The lowest BCUT2D eigenvalue weighted by atomic mass is 10.1. The molecule has 0 radical (unpaired) electrons. The summed E-state index contributed by atoms with van der Waals surface area (Å²) in [6, 6.07) is 37.5. The van der Waals surface area contributed by atoms with E-state index in [4.69, 9.17) is 26.0 Å². The van der Waals surface area contributed by atoms with Crippen molar-refractivity contribution in [2.75, 3.05) is 0 Å². The van der Waals surface area contributed by atoms with E-state index in [0.29, 0.717) is 17.4 Å². The number of nitrogens with zero attached hydrogens (tertiary/aromatic N) is 3. The van der Waals surface area contributed by atoms with Gasteiger partial charge in [-0.25, -0.2) is 4.68 Å². The average molecular weight is 504 g/mol. The largest absolute Gasteiger partial charge is 0.489 e. The lowest BCUT2D eigenvalue weighted by Gasteiger charge is -2.07. The SMILES string of the molecule is Clc1ccc(-c2cc(-c3cn(-c4ccccc4)nc3-c3ccc(OCc4ccccc4)cc3)on2)cc1. The van der Waals surface area contributed by atoms with Crippen molar-refractivity contribution in [3.8, 4) is 45.3 Å². The Kier molecular flexibility index (Phi) is 6.28. The van der Waals surface area contributed by atoms with Gasteiger partial charge in [-0.15, -0.1) is 0 Å². The van der Waals surface area contributed by atoms with E-state index in [-0.39, 0.29) is 0 Å². The number of hydrogen-bond acceptors (Lipinski definition) is 4. The van der Waals surface area contributed by atoms with Crippen LogP contribution in [0.1, 0.15) is 5.56 Å². The second-order valence-corrected chi connectivity index (χ2v) is 8.99. The molecular weight excluding hydrogens is 482 g/mol. The zero-order valence-corrected chi connectivity index (χ0v) is 20.5. The molecule has 4 aromatic carbocycles. The quantitative estimate of drug-likeness (QED) is 0.221. The van der Waals surface area contributed by atoms with E-state index in [0.717, 1.165) is 45.1 Å². The molecule has 0 saturated heterocycles. The first-order valence-corrected chi connectivity index (χ1v) is 12.3. The van der Waals surface area contributed by atoms with Crippen LogP contribution in [0.15, 0.2) is 126 Å². The lowest BCUT2D eigenvalue weighted by Crippen LogP contribution is -1.95. The van der Waals surface area contributed by atoms with Crippen LogP contribution >= 0.6 is 11.6 Å². The molecule has 0 aliphatic heterocycles. The molecule has 0 aliphatic carbocycles. The van der Waals surface area contributed by atoms with Crippen molar-refractivity contribution in [2.24, 2.45) is 0 Å². The van der Waals surface area contributed by atoms with E-state index < -0.39 is 0 Å². The predicted molar refractivity (Wildman–Crippen MR) is 146 cm³/mol. The van der Waals surface area contributed by atoms with Crippen LogP contribution in [0.25, 0.3) is 39.5 Å². The van der Waals surface area contributed by atoms with Gasteiger partial charge in [-0.2, -0.15) is 5.10 Å². The summed E-state index contributed by atoms with van der Waals surface area (Å²) in [5.41, 5.74) is 6.31. The van der Waals surface area contributed by atoms with Crippen molar-refractivity contribution < 1.29 is 9.26 Å². The molecule has 6 aromatic rings. The number of benzene rings is 4. The number of aromatic nitrogens is 3. The zero-order chi connectivity index (χ0) is 25.0. The van der Waals surface area contributed by atoms with E-state index >= 15 is 0 Å². The van der Waals surface area contributed by atoms with Crippen molar-refractivity contribution in [3.63, 3.8) is 0 Å². The Balaban J connectivity index is 1.34. The number of halogens is 1. The van der Waals surface area contributed by atoms with Crippen molar-refractivity contribution in [3.05, 3.63) is 132 Å². The molecule has 0 amide bonds. The number of para-hydroxylation sites is 1. The summed E-state index contributed by atoms with van der Waals surface area (Å²) in [4.78, 5) is 0. The van der Waals surface area contributed by atoms with Crippen LogP contribution in [0.2, 0.25) is 5.02 Å². The summed E-state index contributed by atoms with van der Waals surface area (Å²) in [7, 11) is 0. The monoisotopic (exact) mass is 503 g/mol. The molecule has 5 nitrogen and oxygen atoms in total. The molecule has 0 N–H and O–H groups in total. The summed E-state index contributed by atoms with van der Waals surface area (Å²) < 4.78 is 13.6. The summed E-state index contributed by atoms with van der Waals surface area (Å²) in [6.45, 7) is 0.514. The molecule has 2 heterocycles. The topological polar surface area (TPSA) is 53.1 Å². The van der Waals surface area contributed by atoms with E-state index in [9.17, 15) is 0 Å². The summed E-state index contributed by atoms with van der Waals surface area (Å²) >= 11 is 6.05. The molecule has 0 atom stereocenters. The van der Waals surface area contributed by atoms with Gasteiger partial charge >= 0.3 is 0 Å². The Labute approximate surface area is 219 Å². The average Bonchev–Trinajstić information content (AvgIpc) is 3.62. The summed E-state index contributed by atoms with van der Waals surface area (Å²) in [5, 5.41) is 9.89. The molecular formula is C31H22ClN3O2. The van der Waals surface area contributed by atoms with E-state index in [1.807, 2.05) is 126 Å². The fourth-order valence-corrected chi connectivity index (χ4v) is 4.22. The molecule has 0 fully saturated rings. The van der Waals surface area contributed by atoms with E-state index in [2.05, 4.69) is 5.16 Å². The maximum Gasteiger partial charge on any atom is 0.171 e. The Bertz CT molecular complexity index is 1610. The first-order valence-electron chi connectivity index (χ1n) is 11.9. The fourth-order valence-electron chi connectivity index (χ4n) is 4.09. The lowest BCUT2D eigenvalue weighted by molar-refractivity contribution is 0.306. The first kappa shape index (κ1) is 22.8. The van der Waals surface area contributed by atoms with E-state index in [1.165, 1.54) is 0 Å². The maximum absolute atomic E-state index is 6.05. The van der Waals surface area contributed by atoms with Gasteiger partial charge in [0.1, 0.15) is 23.7 Å². The van der Waals surface area contributed by atoms with Crippen LogP contribution < -0.4 is 4.74 Å². The van der Waals surface area contributed by atoms with Crippen LogP contribution in [0, 0.1) is 0 Å². The molecule has 6 rings (SSSR count). The standard InChI is InChI=1S/C31H22ClN3O2/c32-25-15-11-23(12-16-25)29-19-30(37-34-29)28-20-35(26-9-5-2-6-10-26)33-31(28)24-13-17-27(18-14-24)36-21-22-7-3-1-4-8-22/h1-20H,21H2. The molecule has 0 unspecified atom stereocenters. The van der Waals surface area contributed by atoms with E-state index in [1.54, 1.807) is 0 Å². The van der Waals surface area contributed by atoms with Crippen LogP contribution in [0.3, 0.4) is 0 Å². The molecule has 0 spiro atoms. The molecule has 0 saturated carbocycles. The summed E-state index contributed by atoms with van der Waals surface area (Å²) in [6.07, 6.45) is 1.97. The smallest absolute Gasteiger partial charge is 0.171 e. The molecule has 2 aromatic heterocycles. The van der Waals surface area contributed by atoms with Crippen molar-refractivity contribution in [1.82, 2.24) is 14.9 Å². The van der Waals surface area contributed by atoms with Gasteiger partial charge in [0.05, 0.1) is 11.3 Å². The summed E-state index contributed by atoms with van der Waals surface area (Å²) in [5.74, 6) is 1.42. The highest BCUT2D eigenvalue weighted by atomic mass is 35.5. The molecule has 6 heteroatoms. The van der Waals surface area contributed by atoms with Crippen LogP contribution in [0.5, 0.6) is 5.75 Å². The molecule has 0 aliphatic rings. The first-order chi connectivity index (χ1) is 18.2. The minimum absolute atomic E-state index is 0.514. The highest BCUT2D eigenvalue weighted by Gasteiger charge is 2.19. The maximum atomic E-state index is 6.05. The highest BCUT2D eigenvalue weighted by molar-refractivity contribution is 6.30. The third-order valence-corrected chi connectivity index (χ3v) is 6.28. The normalized spacial score (nSPS) is 10.9. The minimum Gasteiger partial charge on any atom is -0.489 e. The predicted octanol–water partition coefficient (Wildman–Crippen LogP) is 8.09. The minimum atomic E-state index is 0.514. The van der Waals surface area contributed by atoms with Crippen LogP contribution in [0.4, 0.5) is 0 Å².